The number of nitrogens with zero attached hydrogens (tertiary/aromatic N) is 3. The summed E-state index contributed by atoms with van der Waals surface area (Å²) in [4.78, 5) is 6.47. The van der Waals surface area contributed by atoms with Crippen molar-refractivity contribution in [3.8, 4) is 11.4 Å². The van der Waals surface area contributed by atoms with E-state index in [0.717, 1.165) is 30.4 Å². The lowest BCUT2D eigenvalue weighted by Gasteiger charge is -2.10. The molecule has 1 aliphatic rings. The van der Waals surface area contributed by atoms with E-state index in [-0.39, 0.29) is 0 Å². The summed E-state index contributed by atoms with van der Waals surface area (Å²) < 4.78 is 5.34. The first-order valence-corrected chi connectivity index (χ1v) is 5.56. The van der Waals surface area contributed by atoms with Crippen molar-refractivity contribution in [1.29, 1.82) is 0 Å². The molecule has 2 aromatic rings. The highest BCUT2D eigenvalue weighted by molar-refractivity contribution is 5.57. The van der Waals surface area contributed by atoms with Crippen LogP contribution in [-0.4, -0.2) is 23.2 Å². The summed E-state index contributed by atoms with van der Waals surface area (Å²) in [6.07, 6.45) is 4.23. The standard InChI is InChI=1S/C12H13N3O/c1-2-6-13-10(5-1)11-9-12(16-14-11)15-7-3-4-8-15/h1-2,5-6,9H,3-4,7-8H2. The minimum atomic E-state index is 0.808. The highest BCUT2D eigenvalue weighted by Crippen LogP contribution is 2.25. The fraction of sp³-hybridized carbons (Fsp3) is 0.333. The Labute approximate surface area is 93.9 Å². The lowest BCUT2D eigenvalue weighted by atomic mass is 10.3. The number of anilines is 1. The molecule has 0 radical (unpaired) electrons. The molecule has 0 aliphatic carbocycles. The van der Waals surface area contributed by atoms with Crippen LogP contribution >= 0.6 is 0 Å². The summed E-state index contributed by atoms with van der Waals surface area (Å²) in [5.41, 5.74) is 1.67. The van der Waals surface area contributed by atoms with E-state index < -0.39 is 0 Å². The molecule has 0 amide bonds. The van der Waals surface area contributed by atoms with Crippen LogP contribution in [0, 0.1) is 0 Å². The van der Waals surface area contributed by atoms with Crippen LogP contribution < -0.4 is 4.90 Å². The molecule has 1 aliphatic heterocycles. The monoisotopic (exact) mass is 215 g/mol. The van der Waals surface area contributed by atoms with Crippen LogP contribution in [0.2, 0.25) is 0 Å². The minimum Gasteiger partial charge on any atom is -0.341 e. The average Bonchev–Trinajstić information content (AvgIpc) is 3.01. The van der Waals surface area contributed by atoms with Crippen LogP contribution in [0.4, 0.5) is 5.88 Å². The van der Waals surface area contributed by atoms with Gasteiger partial charge in [0.25, 0.3) is 0 Å². The Morgan fingerprint density at radius 3 is 2.75 bits per heavy atom. The van der Waals surface area contributed by atoms with Crippen LogP contribution in [-0.2, 0) is 0 Å². The van der Waals surface area contributed by atoms with Crippen molar-refractivity contribution < 1.29 is 4.52 Å². The van der Waals surface area contributed by atoms with E-state index in [2.05, 4.69) is 15.0 Å². The molecule has 0 unspecified atom stereocenters. The Kier molecular flexibility index (Phi) is 2.33. The molecule has 1 saturated heterocycles. The third-order valence-electron chi connectivity index (χ3n) is 2.84. The Bertz CT molecular complexity index is 460. The van der Waals surface area contributed by atoms with Gasteiger partial charge in [0.2, 0.25) is 5.88 Å². The van der Waals surface area contributed by atoms with Crippen LogP contribution in [0.25, 0.3) is 11.4 Å². The van der Waals surface area contributed by atoms with Gasteiger partial charge in [-0.05, 0) is 25.0 Å². The van der Waals surface area contributed by atoms with E-state index >= 15 is 0 Å². The Morgan fingerprint density at radius 1 is 1.12 bits per heavy atom. The smallest absolute Gasteiger partial charge is 0.227 e. The predicted octanol–water partition coefficient (Wildman–Crippen LogP) is 2.34. The molecule has 0 N–H and O–H groups in total. The van der Waals surface area contributed by atoms with Crippen molar-refractivity contribution in [2.45, 2.75) is 12.8 Å². The average molecular weight is 215 g/mol. The summed E-state index contributed by atoms with van der Waals surface area (Å²) in [5, 5.41) is 4.05. The Hall–Kier alpha value is -1.84. The SMILES string of the molecule is c1ccc(-c2cc(N3CCCC3)on2)nc1. The second kappa shape index (κ2) is 3.96. The quantitative estimate of drug-likeness (QED) is 0.771. The molecule has 0 atom stereocenters. The van der Waals surface area contributed by atoms with E-state index in [9.17, 15) is 0 Å². The topological polar surface area (TPSA) is 42.2 Å². The number of hydrogen-bond acceptors (Lipinski definition) is 4. The zero-order valence-corrected chi connectivity index (χ0v) is 8.97. The molecular formula is C12H13N3O. The van der Waals surface area contributed by atoms with E-state index in [0.29, 0.717) is 0 Å². The normalized spacial score (nSPS) is 15.6. The van der Waals surface area contributed by atoms with Gasteiger partial charge in [-0.15, -0.1) is 0 Å². The van der Waals surface area contributed by atoms with E-state index in [1.165, 1.54) is 12.8 Å². The van der Waals surface area contributed by atoms with Crippen molar-refractivity contribution in [1.82, 2.24) is 10.1 Å². The highest BCUT2D eigenvalue weighted by atomic mass is 16.5. The second-order valence-electron chi connectivity index (χ2n) is 3.96. The molecule has 82 valence electrons. The second-order valence-corrected chi connectivity index (χ2v) is 3.96. The van der Waals surface area contributed by atoms with Crippen LogP contribution in [0.15, 0.2) is 35.0 Å². The van der Waals surface area contributed by atoms with Gasteiger partial charge in [-0.2, -0.15) is 0 Å². The summed E-state index contributed by atoms with van der Waals surface area (Å²) in [7, 11) is 0. The number of aromatic nitrogens is 2. The molecule has 0 bridgehead atoms. The molecule has 0 saturated carbocycles. The highest BCUT2D eigenvalue weighted by Gasteiger charge is 2.17. The van der Waals surface area contributed by atoms with Gasteiger partial charge in [-0.25, -0.2) is 0 Å². The molecule has 3 rings (SSSR count). The number of pyridine rings is 1. The predicted molar refractivity (Wildman–Crippen MR) is 61.2 cm³/mol. The van der Waals surface area contributed by atoms with Crippen molar-refractivity contribution >= 4 is 5.88 Å². The molecule has 4 heteroatoms. The molecule has 0 aromatic carbocycles. The van der Waals surface area contributed by atoms with Crippen molar-refractivity contribution in [2.75, 3.05) is 18.0 Å². The van der Waals surface area contributed by atoms with Crippen molar-refractivity contribution in [3.05, 3.63) is 30.5 Å². The first kappa shape index (κ1) is 9.39. The van der Waals surface area contributed by atoms with E-state index in [1.54, 1.807) is 6.20 Å². The van der Waals surface area contributed by atoms with Crippen LogP contribution in [0.1, 0.15) is 12.8 Å². The van der Waals surface area contributed by atoms with E-state index in [4.69, 9.17) is 4.52 Å². The fourth-order valence-corrected chi connectivity index (χ4v) is 1.99. The molecule has 1 fully saturated rings. The van der Waals surface area contributed by atoms with Crippen molar-refractivity contribution in [3.63, 3.8) is 0 Å². The maximum absolute atomic E-state index is 5.34. The van der Waals surface area contributed by atoms with Crippen molar-refractivity contribution in [2.24, 2.45) is 0 Å². The van der Waals surface area contributed by atoms with E-state index in [1.807, 2.05) is 24.3 Å². The zero-order chi connectivity index (χ0) is 10.8. The minimum absolute atomic E-state index is 0.808. The van der Waals surface area contributed by atoms with Gasteiger partial charge in [0, 0.05) is 25.4 Å². The summed E-state index contributed by atoms with van der Waals surface area (Å²) in [6, 6.07) is 7.75. The number of rotatable bonds is 2. The zero-order valence-electron chi connectivity index (χ0n) is 8.97. The molecule has 0 spiro atoms. The van der Waals surface area contributed by atoms with Gasteiger partial charge in [-0.1, -0.05) is 11.2 Å². The summed E-state index contributed by atoms with van der Waals surface area (Å²) in [6.45, 7) is 2.13. The van der Waals surface area contributed by atoms with Gasteiger partial charge in [0.15, 0.2) is 0 Å². The molecule has 3 heterocycles. The third-order valence-corrected chi connectivity index (χ3v) is 2.84. The molecule has 2 aromatic heterocycles. The first-order chi connectivity index (χ1) is 7.93. The Balaban J connectivity index is 1.87. The first-order valence-electron chi connectivity index (χ1n) is 5.56. The van der Waals surface area contributed by atoms with Gasteiger partial charge >= 0.3 is 0 Å². The maximum atomic E-state index is 5.34. The van der Waals surface area contributed by atoms with Gasteiger partial charge in [0.05, 0.1) is 5.69 Å². The summed E-state index contributed by atoms with van der Waals surface area (Å²) in [5.74, 6) is 0.859. The number of hydrogen-bond donors (Lipinski definition) is 0. The Morgan fingerprint density at radius 2 is 2.00 bits per heavy atom. The molecular weight excluding hydrogens is 202 g/mol. The van der Waals surface area contributed by atoms with Gasteiger partial charge in [0.1, 0.15) is 5.69 Å². The third kappa shape index (κ3) is 1.66. The lowest BCUT2D eigenvalue weighted by molar-refractivity contribution is 0.422. The molecule has 16 heavy (non-hydrogen) atoms. The van der Waals surface area contributed by atoms with Gasteiger partial charge in [-0.3, -0.25) is 4.98 Å². The maximum Gasteiger partial charge on any atom is 0.227 e. The van der Waals surface area contributed by atoms with Crippen LogP contribution in [0.5, 0.6) is 0 Å². The largest absolute Gasteiger partial charge is 0.341 e. The summed E-state index contributed by atoms with van der Waals surface area (Å²) >= 11 is 0. The van der Waals surface area contributed by atoms with Gasteiger partial charge < -0.3 is 9.42 Å². The lowest BCUT2D eigenvalue weighted by Crippen LogP contribution is -2.16. The van der Waals surface area contributed by atoms with Crippen LogP contribution in [0.3, 0.4) is 0 Å². The fourth-order valence-electron chi connectivity index (χ4n) is 1.99. The molecule has 4 nitrogen and oxygen atoms in total.